The first kappa shape index (κ1) is 17.1. The van der Waals surface area contributed by atoms with Gasteiger partial charge < -0.3 is 9.52 Å². The molecule has 3 rings (SSSR count). The molecule has 2 atom stereocenters. The van der Waals surface area contributed by atoms with Crippen LogP contribution in [0.4, 0.5) is 0 Å². The quantitative estimate of drug-likeness (QED) is 0.830. The van der Waals surface area contributed by atoms with Crippen LogP contribution in [0.2, 0.25) is 0 Å². The number of sulfone groups is 1. The Morgan fingerprint density at radius 2 is 2.04 bits per heavy atom. The van der Waals surface area contributed by atoms with Gasteiger partial charge in [0.2, 0.25) is 0 Å². The molecule has 0 saturated carbocycles. The van der Waals surface area contributed by atoms with Gasteiger partial charge in [-0.2, -0.15) is 0 Å². The van der Waals surface area contributed by atoms with Gasteiger partial charge in [-0.25, -0.2) is 13.2 Å². The first-order valence-corrected chi connectivity index (χ1v) is 9.77. The van der Waals surface area contributed by atoms with E-state index in [1.165, 1.54) is 6.07 Å². The second-order valence-electron chi connectivity index (χ2n) is 6.35. The maximum Gasteiger partial charge on any atom is 0.336 e. The third-order valence-corrected chi connectivity index (χ3v) is 6.27. The minimum absolute atomic E-state index is 0.0240. The van der Waals surface area contributed by atoms with E-state index in [2.05, 4.69) is 0 Å². The van der Waals surface area contributed by atoms with Crippen molar-refractivity contribution in [3.05, 3.63) is 45.8 Å². The minimum Gasteiger partial charge on any atom is -0.423 e. The lowest BCUT2D eigenvalue weighted by atomic mass is 10.1. The average Bonchev–Trinajstić information content (AvgIpc) is 2.77. The number of aliphatic hydroxyl groups is 1. The second-order valence-corrected chi connectivity index (χ2v) is 8.51. The summed E-state index contributed by atoms with van der Waals surface area (Å²) in [5.41, 5.74) is 1.90. The van der Waals surface area contributed by atoms with E-state index in [1.807, 2.05) is 36.9 Å². The van der Waals surface area contributed by atoms with Gasteiger partial charge in [0.1, 0.15) is 5.58 Å². The van der Waals surface area contributed by atoms with Crippen molar-refractivity contribution in [2.75, 3.05) is 18.1 Å². The van der Waals surface area contributed by atoms with Gasteiger partial charge in [-0.05, 0) is 30.7 Å². The Morgan fingerprint density at radius 1 is 1.29 bits per heavy atom. The molecule has 0 bridgehead atoms. The predicted molar refractivity (Wildman–Crippen MR) is 91.8 cm³/mol. The van der Waals surface area contributed by atoms with E-state index in [0.717, 1.165) is 16.5 Å². The van der Waals surface area contributed by atoms with E-state index in [0.29, 0.717) is 18.7 Å². The summed E-state index contributed by atoms with van der Waals surface area (Å²) in [6.07, 6.45) is -0.865. The summed E-state index contributed by atoms with van der Waals surface area (Å²) in [6, 6.07) is 6.70. The van der Waals surface area contributed by atoms with Gasteiger partial charge >= 0.3 is 5.63 Å². The Kier molecular flexibility index (Phi) is 4.50. The van der Waals surface area contributed by atoms with Crippen molar-refractivity contribution < 1.29 is 17.9 Å². The first-order chi connectivity index (χ1) is 11.3. The molecule has 7 heteroatoms. The fraction of sp³-hybridized carbons (Fsp3) is 0.471. The third kappa shape index (κ3) is 3.38. The van der Waals surface area contributed by atoms with Crippen molar-refractivity contribution in [2.24, 2.45) is 0 Å². The van der Waals surface area contributed by atoms with Gasteiger partial charge in [-0.1, -0.05) is 19.1 Å². The fourth-order valence-corrected chi connectivity index (χ4v) is 5.16. The number of hydrogen-bond acceptors (Lipinski definition) is 6. The summed E-state index contributed by atoms with van der Waals surface area (Å²) in [4.78, 5) is 13.5. The lowest BCUT2D eigenvalue weighted by molar-refractivity contribution is 0.0819. The van der Waals surface area contributed by atoms with Crippen LogP contribution in [0.3, 0.4) is 0 Å². The van der Waals surface area contributed by atoms with Crippen molar-refractivity contribution in [3.8, 4) is 0 Å². The molecule has 2 aromatic rings. The van der Waals surface area contributed by atoms with Crippen LogP contribution in [0.25, 0.3) is 11.0 Å². The monoisotopic (exact) mass is 351 g/mol. The molecule has 1 aromatic heterocycles. The molecule has 130 valence electrons. The Bertz CT molecular complexity index is 918. The van der Waals surface area contributed by atoms with Crippen LogP contribution in [0.1, 0.15) is 18.1 Å². The van der Waals surface area contributed by atoms with Crippen LogP contribution in [-0.2, 0) is 16.4 Å². The summed E-state index contributed by atoms with van der Waals surface area (Å²) < 4.78 is 28.7. The summed E-state index contributed by atoms with van der Waals surface area (Å²) in [5, 5.41) is 10.9. The summed E-state index contributed by atoms with van der Waals surface area (Å²) in [5.74, 6) is -0.205. The van der Waals surface area contributed by atoms with Crippen molar-refractivity contribution in [2.45, 2.75) is 32.5 Å². The number of hydrogen-bond donors (Lipinski definition) is 1. The second kappa shape index (κ2) is 6.31. The number of nitrogens with zero attached hydrogens (tertiary/aromatic N) is 1. The van der Waals surface area contributed by atoms with Crippen LogP contribution >= 0.6 is 0 Å². The molecule has 24 heavy (non-hydrogen) atoms. The van der Waals surface area contributed by atoms with Gasteiger partial charge in [0, 0.05) is 18.0 Å². The molecule has 1 aromatic carbocycles. The highest BCUT2D eigenvalue weighted by Crippen LogP contribution is 2.23. The normalized spacial score (nSPS) is 23.2. The SMILES string of the molecule is CCN(Cc1ccc2c(C)cc(=O)oc2c1)[C@@H]1CS(=O)(=O)C[C@H]1O. The number of rotatable bonds is 4. The van der Waals surface area contributed by atoms with E-state index in [1.54, 1.807) is 0 Å². The molecule has 1 fully saturated rings. The van der Waals surface area contributed by atoms with Gasteiger partial charge in [0.15, 0.2) is 9.84 Å². The summed E-state index contributed by atoms with van der Waals surface area (Å²) in [7, 11) is -3.19. The third-order valence-electron chi connectivity index (χ3n) is 4.57. The van der Waals surface area contributed by atoms with Gasteiger partial charge in [-0.3, -0.25) is 4.90 Å². The van der Waals surface area contributed by atoms with Crippen LogP contribution in [0.5, 0.6) is 0 Å². The fourth-order valence-electron chi connectivity index (χ4n) is 3.33. The summed E-state index contributed by atoms with van der Waals surface area (Å²) >= 11 is 0. The topological polar surface area (TPSA) is 87.8 Å². The average molecular weight is 351 g/mol. The number of aliphatic hydroxyl groups excluding tert-OH is 1. The molecule has 1 aliphatic heterocycles. The van der Waals surface area contributed by atoms with E-state index in [4.69, 9.17) is 4.42 Å². The lowest BCUT2D eigenvalue weighted by Gasteiger charge is -2.28. The van der Waals surface area contributed by atoms with E-state index < -0.39 is 22.0 Å². The highest BCUT2D eigenvalue weighted by atomic mass is 32.2. The van der Waals surface area contributed by atoms with Crippen molar-refractivity contribution in [3.63, 3.8) is 0 Å². The Labute approximate surface area is 140 Å². The maximum absolute atomic E-state index is 11.7. The zero-order valence-corrected chi connectivity index (χ0v) is 14.5. The van der Waals surface area contributed by atoms with Crippen molar-refractivity contribution >= 4 is 20.8 Å². The zero-order valence-electron chi connectivity index (χ0n) is 13.7. The molecule has 2 heterocycles. The molecule has 0 aliphatic carbocycles. The standard InChI is InChI=1S/C17H21NO5S/c1-3-18(14-9-24(21,22)10-15(14)19)8-12-4-5-13-11(2)6-17(20)23-16(13)7-12/h4-7,14-15,19H,3,8-10H2,1-2H3/t14-,15-/m1/s1. The van der Waals surface area contributed by atoms with Crippen molar-refractivity contribution in [1.29, 1.82) is 0 Å². The number of benzene rings is 1. The van der Waals surface area contributed by atoms with Crippen LogP contribution in [0, 0.1) is 6.92 Å². The molecular formula is C17H21NO5S. The Hall–Kier alpha value is -1.70. The molecular weight excluding hydrogens is 330 g/mol. The lowest BCUT2D eigenvalue weighted by Crippen LogP contribution is -2.42. The van der Waals surface area contributed by atoms with Crippen molar-refractivity contribution in [1.82, 2.24) is 4.90 Å². The Morgan fingerprint density at radius 3 is 2.67 bits per heavy atom. The molecule has 0 amide bonds. The number of aryl methyl sites for hydroxylation is 1. The van der Waals surface area contributed by atoms with Gasteiger partial charge in [0.05, 0.1) is 23.7 Å². The smallest absolute Gasteiger partial charge is 0.336 e. The largest absolute Gasteiger partial charge is 0.423 e. The molecule has 0 spiro atoms. The van der Waals surface area contributed by atoms with Gasteiger partial charge in [-0.15, -0.1) is 0 Å². The van der Waals surface area contributed by atoms with Gasteiger partial charge in [0.25, 0.3) is 0 Å². The van der Waals surface area contributed by atoms with Crippen LogP contribution < -0.4 is 5.63 Å². The molecule has 6 nitrogen and oxygen atoms in total. The van der Waals surface area contributed by atoms with Crippen LogP contribution in [0.15, 0.2) is 33.5 Å². The number of fused-ring (bicyclic) bond motifs is 1. The highest BCUT2D eigenvalue weighted by molar-refractivity contribution is 7.91. The molecule has 1 aliphatic rings. The molecule has 1 N–H and O–H groups in total. The Balaban J connectivity index is 1.89. The molecule has 0 radical (unpaired) electrons. The molecule has 1 saturated heterocycles. The molecule has 0 unspecified atom stereocenters. The zero-order chi connectivity index (χ0) is 17.5. The first-order valence-electron chi connectivity index (χ1n) is 7.95. The highest BCUT2D eigenvalue weighted by Gasteiger charge is 2.39. The minimum atomic E-state index is -3.19. The number of likely N-dealkylation sites (N-methyl/N-ethyl adjacent to an activating group) is 1. The van der Waals surface area contributed by atoms with E-state index in [9.17, 15) is 18.3 Å². The summed E-state index contributed by atoms with van der Waals surface area (Å²) in [6.45, 7) is 4.90. The van der Waals surface area contributed by atoms with E-state index >= 15 is 0 Å². The van der Waals surface area contributed by atoms with E-state index in [-0.39, 0.29) is 17.1 Å². The predicted octanol–water partition coefficient (Wildman–Crippen LogP) is 1.08. The van der Waals surface area contributed by atoms with Crippen LogP contribution in [-0.4, -0.2) is 48.6 Å². The maximum atomic E-state index is 11.7.